The SMILES string of the molecule is CCCCCCN(CCN1CCOCC1)C(=O)Nc1nncs1. The first-order valence-corrected chi connectivity index (χ1v) is 9.29. The van der Waals surface area contributed by atoms with Crippen molar-refractivity contribution in [1.29, 1.82) is 0 Å². The van der Waals surface area contributed by atoms with Gasteiger partial charge in [-0.05, 0) is 6.42 Å². The van der Waals surface area contributed by atoms with Crippen molar-refractivity contribution in [1.82, 2.24) is 20.0 Å². The van der Waals surface area contributed by atoms with Crippen LogP contribution in [0.1, 0.15) is 32.6 Å². The number of nitrogens with zero attached hydrogens (tertiary/aromatic N) is 4. The number of nitrogens with one attached hydrogen (secondary N) is 1. The van der Waals surface area contributed by atoms with E-state index in [-0.39, 0.29) is 6.03 Å². The van der Waals surface area contributed by atoms with E-state index >= 15 is 0 Å². The summed E-state index contributed by atoms with van der Waals surface area (Å²) in [5.41, 5.74) is 1.62. The third-order valence-electron chi connectivity index (χ3n) is 3.93. The zero-order valence-electron chi connectivity index (χ0n) is 13.9. The number of anilines is 1. The van der Waals surface area contributed by atoms with Crippen molar-refractivity contribution in [2.45, 2.75) is 32.6 Å². The molecule has 1 aromatic heterocycles. The Morgan fingerprint density at radius 2 is 2.17 bits per heavy atom. The first-order valence-electron chi connectivity index (χ1n) is 8.41. The smallest absolute Gasteiger partial charge is 0.323 e. The summed E-state index contributed by atoms with van der Waals surface area (Å²) in [6.45, 7) is 8.06. The predicted molar refractivity (Wildman–Crippen MR) is 91.9 cm³/mol. The molecule has 2 rings (SSSR count). The van der Waals surface area contributed by atoms with Gasteiger partial charge in [-0.25, -0.2) is 4.79 Å². The van der Waals surface area contributed by atoms with Gasteiger partial charge in [0.05, 0.1) is 13.2 Å². The molecule has 0 unspecified atom stereocenters. The number of carbonyl (C=O) groups excluding carboxylic acids is 1. The number of carbonyl (C=O) groups is 1. The topological polar surface area (TPSA) is 70.6 Å². The lowest BCUT2D eigenvalue weighted by Gasteiger charge is -2.30. The van der Waals surface area contributed by atoms with Gasteiger partial charge in [0.15, 0.2) is 0 Å². The second-order valence-electron chi connectivity index (χ2n) is 5.68. The minimum absolute atomic E-state index is 0.0773. The summed E-state index contributed by atoms with van der Waals surface area (Å²) in [5.74, 6) is 0. The Hall–Kier alpha value is -1.25. The maximum Gasteiger partial charge on any atom is 0.323 e. The van der Waals surface area contributed by atoms with E-state index in [9.17, 15) is 4.79 Å². The van der Waals surface area contributed by atoms with E-state index in [4.69, 9.17) is 4.74 Å². The Balaban J connectivity index is 1.80. The van der Waals surface area contributed by atoms with Crippen LogP contribution in [-0.4, -0.2) is 72.0 Å². The molecule has 0 radical (unpaired) electrons. The van der Waals surface area contributed by atoms with Crippen LogP contribution in [0.4, 0.5) is 9.93 Å². The number of amides is 2. The highest BCUT2D eigenvalue weighted by atomic mass is 32.1. The van der Waals surface area contributed by atoms with Gasteiger partial charge in [-0.2, -0.15) is 0 Å². The fourth-order valence-corrected chi connectivity index (χ4v) is 2.96. The summed E-state index contributed by atoms with van der Waals surface area (Å²) in [6.07, 6.45) is 4.62. The van der Waals surface area contributed by atoms with Crippen LogP contribution in [-0.2, 0) is 4.74 Å². The van der Waals surface area contributed by atoms with Crippen LogP contribution in [0.2, 0.25) is 0 Å². The average Bonchev–Trinajstić information content (AvgIpc) is 3.08. The molecule has 7 nitrogen and oxygen atoms in total. The molecule has 0 bridgehead atoms. The Morgan fingerprint density at radius 1 is 1.35 bits per heavy atom. The largest absolute Gasteiger partial charge is 0.379 e. The van der Waals surface area contributed by atoms with Crippen molar-refractivity contribution in [3.63, 3.8) is 0 Å². The molecule has 0 aliphatic carbocycles. The fourth-order valence-electron chi connectivity index (χ4n) is 2.53. The van der Waals surface area contributed by atoms with E-state index in [0.29, 0.717) is 5.13 Å². The number of aromatic nitrogens is 2. The molecule has 1 aliphatic rings. The molecule has 0 aromatic carbocycles. The number of morpholine rings is 1. The lowest BCUT2D eigenvalue weighted by Crippen LogP contribution is -2.44. The van der Waals surface area contributed by atoms with Crippen LogP contribution >= 0.6 is 11.3 Å². The van der Waals surface area contributed by atoms with E-state index in [1.807, 2.05) is 4.90 Å². The lowest BCUT2D eigenvalue weighted by atomic mass is 10.2. The van der Waals surface area contributed by atoms with E-state index in [0.717, 1.165) is 58.8 Å². The Morgan fingerprint density at radius 3 is 2.87 bits per heavy atom. The van der Waals surface area contributed by atoms with Gasteiger partial charge < -0.3 is 9.64 Å². The molecule has 0 saturated carbocycles. The maximum absolute atomic E-state index is 12.5. The number of urea groups is 1. The molecule has 2 amide bonds. The van der Waals surface area contributed by atoms with Crippen molar-refractivity contribution in [3.05, 3.63) is 5.51 Å². The average molecular weight is 341 g/mol. The van der Waals surface area contributed by atoms with Crippen molar-refractivity contribution in [2.24, 2.45) is 0 Å². The predicted octanol–water partition coefficient (Wildman–Crippen LogP) is 2.28. The molecule has 23 heavy (non-hydrogen) atoms. The van der Waals surface area contributed by atoms with Crippen LogP contribution in [0.5, 0.6) is 0 Å². The second kappa shape index (κ2) is 10.5. The Bertz CT molecular complexity index is 437. The highest BCUT2D eigenvalue weighted by Crippen LogP contribution is 2.10. The number of hydrogen-bond donors (Lipinski definition) is 1. The monoisotopic (exact) mass is 341 g/mol. The Kier molecular flexibility index (Phi) is 8.27. The van der Waals surface area contributed by atoms with Crippen LogP contribution in [0.3, 0.4) is 0 Å². The third-order valence-corrected chi connectivity index (χ3v) is 4.54. The summed E-state index contributed by atoms with van der Waals surface area (Å²) in [7, 11) is 0. The van der Waals surface area contributed by atoms with Gasteiger partial charge in [-0.1, -0.05) is 37.5 Å². The number of ether oxygens (including phenoxy) is 1. The molecule has 8 heteroatoms. The summed E-state index contributed by atoms with van der Waals surface area (Å²) >= 11 is 1.34. The fraction of sp³-hybridized carbons (Fsp3) is 0.800. The molecular weight excluding hydrogens is 314 g/mol. The molecule has 1 fully saturated rings. The minimum atomic E-state index is -0.0773. The summed E-state index contributed by atoms with van der Waals surface area (Å²) < 4.78 is 5.37. The Labute approximate surface area is 142 Å². The number of rotatable bonds is 9. The van der Waals surface area contributed by atoms with Gasteiger partial charge in [0.1, 0.15) is 5.51 Å². The molecule has 0 atom stereocenters. The summed E-state index contributed by atoms with van der Waals surface area (Å²) in [5, 5.41) is 11.0. The highest BCUT2D eigenvalue weighted by Gasteiger charge is 2.17. The molecule has 1 aliphatic heterocycles. The molecule has 1 saturated heterocycles. The zero-order chi connectivity index (χ0) is 16.3. The molecule has 1 N–H and O–H groups in total. The van der Waals surface area contributed by atoms with Gasteiger partial charge in [0.2, 0.25) is 5.13 Å². The van der Waals surface area contributed by atoms with Gasteiger partial charge in [-0.3, -0.25) is 10.2 Å². The molecule has 2 heterocycles. The number of hydrogen-bond acceptors (Lipinski definition) is 6. The molecule has 0 spiro atoms. The normalized spacial score (nSPS) is 15.5. The van der Waals surface area contributed by atoms with Gasteiger partial charge >= 0.3 is 6.03 Å². The van der Waals surface area contributed by atoms with Crippen molar-refractivity contribution in [3.8, 4) is 0 Å². The molecular formula is C15H27N5O2S. The molecule has 1 aromatic rings. The highest BCUT2D eigenvalue weighted by molar-refractivity contribution is 7.13. The zero-order valence-corrected chi connectivity index (χ0v) is 14.7. The first kappa shape index (κ1) is 18.1. The summed E-state index contributed by atoms with van der Waals surface area (Å²) in [6, 6.07) is -0.0773. The van der Waals surface area contributed by atoms with Crippen molar-refractivity contribution in [2.75, 3.05) is 51.3 Å². The summed E-state index contributed by atoms with van der Waals surface area (Å²) in [4.78, 5) is 16.7. The number of unbranched alkanes of at least 4 members (excludes halogenated alkanes) is 3. The standard InChI is InChI=1S/C15H27N5O2S/c1-2-3-4-5-6-20(8-7-19-9-11-22-12-10-19)15(21)17-14-18-16-13-23-14/h13H,2-12H2,1H3,(H,17,18,21). The van der Waals surface area contributed by atoms with Crippen LogP contribution in [0.15, 0.2) is 5.51 Å². The van der Waals surface area contributed by atoms with E-state index < -0.39 is 0 Å². The van der Waals surface area contributed by atoms with Crippen molar-refractivity contribution >= 4 is 22.5 Å². The minimum Gasteiger partial charge on any atom is -0.379 e. The lowest BCUT2D eigenvalue weighted by molar-refractivity contribution is 0.0351. The first-order chi connectivity index (χ1) is 11.3. The van der Waals surface area contributed by atoms with Crippen LogP contribution in [0, 0.1) is 0 Å². The van der Waals surface area contributed by atoms with Gasteiger partial charge in [0.25, 0.3) is 0 Å². The van der Waals surface area contributed by atoms with Crippen molar-refractivity contribution < 1.29 is 9.53 Å². The van der Waals surface area contributed by atoms with Gasteiger partial charge in [-0.15, -0.1) is 10.2 Å². The van der Waals surface area contributed by atoms with E-state index in [1.165, 1.54) is 24.2 Å². The van der Waals surface area contributed by atoms with Crippen LogP contribution < -0.4 is 5.32 Å². The maximum atomic E-state index is 12.5. The second-order valence-corrected chi connectivity index (χ2v) is 6.51. The van der Waals surface area contributed by atoms with Crippen LogP contribution in [0.25, 0.3) is 0 Å². The quantitative estimate of drug-likeness (QED) is 0.698. The van der Waals surface area contributed by atoms with Gasteiger partial charge in [0, 0.05) is 32.7 Å². The van der Waals surface area contributed by atoms with E-state index in [2.05, 4.69) is 27.3 Å². The molecule has 130 valence electrons. The third kappa shape index (κ3) is 6.80. The van der Waals surface area contributed by atoms with E-state index in [1.54, 1.807) is 5.51 Å².